The third-order valence-electron chi connectivity index (χ3n) is 6.51. The number of hydrogen-bond donors (Lipinski definition) is 1. The van der Waals surface area contributed by atoms with E-state index in [1.54, 1.807) is 13.4 Å². The van der Waals surface area contributed by atoms with Crippen molar-refractivity contribution < 1.29 is 18.7 Å². The summed E-state index contributed by atoms with van der Waals surface area (Å²) in [6.07, 6.45) is 6.33. The molecule has 1 atom stereocenters. The monoisotopic (exact) mass is 443 g/mol. The van der Waals surface area contributed by atoms with Crippen molar-refractivity contribution in [3.8, 4) is 16.9 Å². The minimum absolute atomic E-state index is 0.221. The normalized spacial score (nSPS) is 16.8. The third kappa shape index (κ3) is 3.69. The van der Waals surface area contributed by atoms with E-state index in [4.69, 9.17) is 9.15 Å². The van der Waals surface area contributed by atoms with Gasteiger partial charge in [-0.25, -0.2) is 0 Å². The maximum absolute atomic E-state index is 12.3. The molecule has 0 spiro atoms. The van der Waals surface area contributed by atoms with E-state index < -0.39 is 0 Å². The van der Waals surface area contributed by atoms with Crippen LogP contribution in [0.2, 0.25) is 0 Å². The van der Waals surface area contributed by atoms with Crippen LogP contribution in [0.25, 0.3) is 22.1 Å². The fourth-order valence-corrected chi connectivity index (χ4v) is 4.40. The van der Waals surface area contributed by atoms with Gasteiger partial charge in [0.2, 0.25) is 11.8 Å². The Morgan fingerprint density at radius 1 is 1.12 bits per heavy atom. The van der Waals surface area contributed by atoms with Gasteiger partial charge in [-0.05, 0) is 49.6 Å². The lowest BCUT2D eigenvalue weighted by Gasteiger charge is -2.26. The summed E-state index contributed by atoms with van der Waals surface area (Å²) in [5, 5.41) is 7.94. The van der Waals surface area contributed by atoms with Crippen molar-refractivity contribution in [2.45, 2.75) is 38.1 Å². The highest BCUT2D eigenvalue weighted by molar-refractivity contribution is 6.03. The number of amides is 2. The molecule has 3 heterocycles. The van der Waals surface area contributed by atoms with Crippen molar-refractivity contribution in [3.63, 3.8) is 0 Å². The molecule has 168 valence electrons. The van der Waals surface area contributed by atoms with Gasteiger partial charge in [-0.2, -0.15) is 5.10 Å². The molecular formula is C26H25N3O4. The van der Waals surface area contributed by atoms with Gasteiger partial charge in [-0.3, -0.25) is 19.6 Å². The Hall–Kier alpha value is -3.87. The molecule has 7 heteroatoms. The minimum atomic E-state index is -0.372. The lowest BCUT2D eigenvalue weighted by atomic mass is 9.90. The molecule has 1 aliphatic heterocycles. The van der Waals surface area contributed by atoms with E-state index in [9.17, 15) is 9.59 Å². The molecular weight excluding hydrogens is 418 g/mol. The molecule has 2 amide bonds. The Bertz CT molecular complexity index is 1350. The summed E-state index contributed by atoms with van der Waals surface area (Å²) in [6, 6.07) is 13.9. The van der Waals surface area contributed by atoms with Crippen LogP contribution in [0, 0.1) is 0 Å². The van der Waals surface area contributed by atoms with Crippen LogP contribution in [0.1, 0.15) is 43.7 Å². The highest BCUT2D eigenvalue weighted by atomic mass is 16.5. The number of hydrogen-bond acceptors (Lipinski definition) is 5. The van der Waals surface area contributed by atoms with Crippen molar-refractivity contribution in [2.75, 3.05) is 7.11 Å². The Kier molecular flexibility index (Phi) is 5.04. The summed E-state index contributed by atoms with van der Waals surface area (Å²) in [7, 11) is 1.66. The number of ether oxygens (including phenoxy) is 1. The number of nitrogens with zero attached hydrogens (tertiary/aromatic N) is 2. The zero-order valence-corrected chi connectivity index (χ0v) is 18.8. The molecule has 0 aliphatic carbocycles. The zero-order chi connectivity index (χ0) is 23.2. The molecule has 2 aromatic carbocycles. The van der Waals surface area contributed by atoms with Gasteiger partial charge in [0.25, 0.3) is 0 Å². The van der Waals surface area contributed by atoms with Crippen LogP contribution in [-0.2, 0) is 15.1 Å². The van der Waals surface area contributed by atoms with Crippen molar-refractivity contribution >= 4 is 22.8 Å². The molecule has 1 fully saturated rings. The Morgan fingerprint density at radius 2 is 1.91 bits per heavy atom. The fourth-order valence-electron chi connectivity index (χ4n) is 4.40. The second-order valence-corrected chi connectivity index (χ2v) is 8.87. The number of nitrogens with one attached hydrogen (secondary N) is 1. The summed E-state index contributed by atoms with van der Waals surface area (Å²) in [5.74, 6) is -0.0389. The van der Waals surface area contributed by atoms with Crippen LogP contribution < -0.4 is 10.1 Å². The summed E-state index contributed by atoms with van der Waals surface area (Å²) < 4.78 is 13.0. The van der Waals surface area contributed by atoms with E-state index in [1.807, 2.05) is 59.5 Å². The van der Waals surface area contributed by atoms with Gasteiger partial charge in [0.15, 0.2) is 0 Å². The molecule has 0 saturated carbocycles. The number of carbonyl (C=O) groups excluding carboxylic acids is 2. The van der Waals surface area contributed by atoms with Crippen LogP contribution in [0.5, 0.6) is 5.75 Å². The maximum Gasteiger partial charge on any atom is 0.234 e. The van der Waals surface area contributed by atoms with Crippen molar-refractivity contribution in [2.24, 2.45) is 0 Å². The van der Waals surface area contributed by atoms with Gasteiger partial charge in [-0.1, -0.05) is 24.3 Å². The summed E-state index contributed by atoms with van der Waals surface area (Å²) in [6.45, 7) is 4.24. The SMILES string of the molecule is COc1ccc(C(C)(C)n2cc(-c3ccc4c(C5CCC(=O)NC5=O)coc4c3)cn2)cc1. The zero-order valence-electron chi connectivity index (χ0n) is 18.8. The van der Waals surface area contributed by atoms with Crippen LogP contribution >= 0.6 is 0 Å². The van der Waals surface area contributed by atoms with Gasteiger partial charge in [0, 0.05) is 29.1 Å². The smallest absolute Gasteiger partial charge is 0.234 e. The molecule has 0 bridgehead atoms. The maximum atomic E-state index is 12.3. The van der Waals surface area contributed by atoms with Crippen molar-refractivity contribution in [1.29, 1.82) is 0 Å². The lowest BCUT2D eigenvalue weighted by molar-refractivity contribution is -0.134. The summed E-state index contributed by atoms with van der Waals surface area (Å²) in [4.78, 5) is 23.8. The molecule has 33 heavy (non-hydrogen) atoms. The Morgan fingerprint density at radius 3 is 2.64 bits per heavy atom. The van der Waals surface area contributed by atoms with Gasteiger partial charge in [-0.15, -0.1) is 0 Å². The summed E-state index contributed by atoms with van der Waals surface area (Å²) >= 11 is 0. The number of aromatic nitrogens is 2. The van der Waals surface area contributed by atoms with E-state index >= 15 is 0 Å². The topological polar surface area (TPSA) is 86.4 Å². The molecule has 1 unspecified atom stereocenters. The van der Waals surface area contributed by atoms with E-state index in [0.717, 1.165) is 33.4 Å². The molecule has 2 aromatic heterocycles. The van der Waals surface area contributed by atoms with Crippen molar-refractivity contribution in [3.05, 3.63) is 72.2 Å². The predicted octanol–water partition coefficient (Wildman–Crippen LogP) is 4.61. The van der Waals surface area contributed by atoms with Gasteiger partial charge < -0.3 is 9.15 Å². The Balaban J connectivity index is 1.43. The first-order valence-corrected chi connectivity index (χ1v) is 10.9. The fraction of sp³-hybridized carbons (Fsp3) is 0.269. The quantitative estimate of drug-likeness (QED) is 0.455. The van der Waals surface area contributed by atoms with E-state index in [0.29, 0.717) is 18.4 Å². The highest BCUT2D eigenvalue weighted by Gasteiger charge is 2.30. The second-order valence-electron chi connectivity index (χ2n) is 8.87. The number of carbonyl (C=O) groups is 2. The first kappa shape index (κ1) is 21.0. The molecule has 1 N–H and O–H groups in total. The number of benzene rings is 2. The van der Waals surface area contributed by atoms with E-state index in [-0.39, 0.29) is 23.3 Å². The van der Waals surface area contributed by atoms with Gasteiger partial charge in [0.05, 0.1) is 31.0 Å². The molecule has 5 rings (SSSR count). The van der Waals surface area contributed by atoms with Crippen LogP contribution in [0.3, 0.4) is 0 Å². The standard InChI is InChI=1S/C26H25N3O4/c1-26(2,18-5-7-19(32-3)8-6-18)29-14-17(13-27-29)16-4-9-20-22(15-33-23(20)12-16)21-10-11-24(30)28-25(21)31/h4-9,12-15,21H,10-11H2,1-3H3,(H,28,30,31). The van der Waals surface area contributed by atoms with Crippen molar-refractivity contribution in [1.82, 2.24) is 15.1 Å². The molecule has 7 nitrogen and oxygen atoms in total. The third-order valence-corrected chi connectivity index (χ3v) is 6.51. The number of furan rings is 1. The minimum Gasteiger partial charge on any atom is -0.497 e. The number of piperidine rings is 1. The van der Waals surface area contributed by atoms with Gasteiger partial charge >= 0.3 is 0 Å². The molecule has 0 radical (unpaired) electrons. The van der Waals surface area contributed by atoms with Crippen LogP contribution in [-0.4, -0.2) is 28.7 Å². The molecule has 1 saturated heterocycles. The highest BCUT2D eigenvalue weighted by Crippen LogP contribution is 2.35. The number of methoxy groups -OCH3 is 1. The van der Waals surface area contributed by atoms with Crippen LogP contribution in [0.4, 0.5) is 0 Å². The van der Waals surface area contributed by atoms with E-state index in [2.05, 4.69) is 24.3 Å². The van der Waals surface area contributed by atoms with Crippen LogP contribution in [0.15, 0.2) is 65.5 Å². The first-order valence-electron chi connectivity index (χ1n) is 10.9. The van der Waals surface area contributed by atoms with Gasteiger partial charge in [0.1, 0.15) is 11.3 Å². The second kappa shape index (κ2) is 7.92. The largest absolute Gasteiger partial charge is 0.497 e. The summed E-state index contributed by atoms with van der Waals surface area (Å²) in [5.41, 5.74) is 4.24. The van der Waals surface area contributed by atoms with E-state index in [1.165, 1.54) is 0 Å². The average Bonchev–Trinajstić information content (AvgIpc) is 3.47. The average molecular weight is 444 g/mol. The first-order chi connectivity index (χ1) is 15.9. The number of fused-ring (bicyclic) bond motifs is 1. The predicted molar refractivity (Wildman–Crippen MR) is 124 cm³/mol. The number of imide groups is 1. The number of rotatable bonds is 5. The lowest BCUT2D eigenvalue weighted by Crippen LogP contribution is -2.39. The Labute approximate surface area is 191 Å². The molecule has 1 aliphatic rings. The molecule has 4 aromatic rings.